The van der Waals surface area contributed by atoms with Crippen LogP contribution in [0.15, 0.2) is 66.8 Å². The summed E-state index contributed by atoms with van der Waals surface area (Å²) >= 11 is 0. The lowest BCUT2D eigenvalue weighted by Gasteiger charge is -2.10. The first-order valence-corrected chi connectivity index (χ1v) is 7.05. The third-order valence-electron chi connectivity index (χ3n) is 3.26. The fourth-order valence-electron chi connectivity index (χ4n) is 2.33. The van der Waals surface area contributed by atoms with Crippen LogP contribution in [0.4, 0.5) is 0 Å². The fourth-order valence-corrected chi connectivity index (χ4v) is 2.33. The second-order valence-corrected chi connectivity index (χ2v) is 5.17. The highest BCUT2D eigenvalue weighted by molar-refractivity contribution is 5.68. The van der Waals surface area contributed by atoms with E-state index in [1.807, 2.05) is 13.0 Å². The first kappa shape index (κ1) is 14.3. The number of benzene rings is 2. The van der Waals surface area contributed by atoms with Crippen molar-refractivity contribution < 1.29 is 0 Å². The molecule has 0 bridgehead atoms. The predicted octanol–water partition coefficient (Wildman–Crippen LogP) is 5.39. The minimum Gasteiger partial charge on any atom is -0.0998 e. The van der Waals surface area contributed by atoms with Crippen LogP contribution in [0.1, 0.15) is 25.0 Å². The highest BCUT2D eigenvalue weighted by Gasteiger charge is 2.05. The molecule has 0 aromatic heterocycles. The first-order chi connectivity index (χ1) is 9.70. The molecule has 2 rings (SSSR count). The van der Waals surface area contributed by atoms with Gasteiger partial charge in [0.1, 0.15) is 0 Å². The molecule has 0 nitrogen and oxygen atoms in total. The lowest BCUT2D eigenvalue weighted by atomic mass is 9.94. The smallest absolute Gasteiger partial charge is 0.00664 e. The highest BCUT2D eigenvalue weighted by atomic mass is 14.1. The lowest BCUT2D eigenvalue weighted by molar-refractivity contribution is 1.15. The van der Waals surface area contributed by atoms with E-state index in [0.717, 1.165) is 12.8 Å². The molecular weight excluding hydrogens is 240 g/mol. The molecule has 0 spiro atoms. The minimum atomic E-state index is 0.930. The molecule has 0 saturated heterocycles. The van der Waals surface area contributed by atoms with E-state index in [1.54, 1.807) is 0 Å². The maximum absolute atomic E-state index is 4.03. The summed E-state index contributed by atoms with van der Waals surface area (Å²) in [5.41, 5.74) is 6.31. The second kappa shape index (κ2) is 6.91. The van der Waals surface area contributed by atoms with Crippen LogP contribution in [0.5, 0.6) is 0 Å². The molecule has 0 heterocycles. The summed E-state index contributed by atoms with van der Waals surface area (Å²) in [6.45, 7) is 8.15. The second-order valence-electron chi connectivity index (χ2n) is 5.17. The third-order valence-corrected chi connectivity index (χ3v) is 3.26. The van der Waals surface area contributed by atoms with Gasteiger partial charge in [0.05, 0.1) is 0 Å². The monoisotopic (exact) mass is 261 g/mol. The molecule has 0 aliphatic carbocycles. The Morgan fingerprint density at radius 1 is 1.25 bits per heavy atom. The molecule has 0 aliphatic rings. The van der Waals surface area contributed by atoms with E-state index in [-0.39, 0.29) is 0 Å². The Bertz CT molecular complexity index is 617. The summed E-state index contributed by atoms with van der Waals surface area (Å²) in [6, 6.07) is 18.3. The molecule has 0 N–H and O–H groups in total. The van der Waals surface area contributed by atoms with Crippen LogP contribution in [0.3, 0.4) is 0 Å². The van der Waals surface area contributed by atoms with Gasteiger partial charge >= 0.3 is 0 Å². The van der Waals surface area contributed by atoms with Gasteiger partial charge in [-0.1, -0.05) is 66.8 Å². The summed E-state index contributed by atoms with van der Waals surface area (Å²) in [4.78, 5) is 0. The highest BCUT2D eigenvalue weighted by Crippen LogP contribution is 2.26. The van der Waals surface area contributed by atoms with Crippen LogP contribution in [0.25, 0.3) is 11.1 Å². The van der Waals surface area contributed by atoms with Gasteiger partial charge in [0.25, 0.3) is 0 Å². The van der Waals surface area contributed by atoms with E-state index in [4.69, 9.17) is 0 Å². The number of allylic oxidation sites excluding steroid dienone is 3. The molecule has 0 aliphatic heterocycles. The number of rotatable bonds is 5. The molecule has 101 valence electrons. The van der Waals surface area contributed by atoms with Gasteiger partial charge in [0.2, 0.25) is 0 Å². The molecule has 0 amide bonds. The average Bonchev–Trinajstić information content (AvgIpc) is 2.45. The summed E-state index contributed by atoms with van der Waals surface area (Å²) in [6.07, 6.45) is 6.11. The molecule has 2 aromatic rings. The van der Waals surface area contributed by atoms with E-state index in [2.05, 4.69) is 68.1 Å². The van der Waals surface area contributed by atoms with Crippen molar-refractivity contribution in [2.75, 3.05) is 0 Å². The Balaban J connectivity index is 2.38. The first-order valence-electron chi connectivity index (χ1n) is 7.05. The van der Waals surface area contributed by atoms with Gasteiger partial charge < -0.3 is 0 Å². The van der Waals surface area contributed by atoms with Crippen molar-refractivity contribution >= 4 is 0 Å². The zero-order valence-electron chi connectivity index (χ0n) is 12.3. The van der Waals surface area contributed by atoms with E-state index >= 15 is 0 Å². The Morgan fingerprint density at radius 2 is 2.05 bits per heavy atom. The normalized spacial score (nSPS) is 10.9. The van der Waals surface area contributed by atoms with Crippen molar-refractivity contribution in [3.05, 3.63) is 84.0 Å². The molecular formula is C20H21. The quantitative estimate of drug-likeness (QED) is 0.633. The lowest BCUT2D eigenvalue weighted by Crippen LogP contribution is -1.92. The van der Waals surface area contributed by atoms with Crippen LogP contribution < -0.4 is 0 Å². The van der Waals surface area contributed by atoms with Crippen LogP contribution in [0.2, 0.25) is 0 Å². The Kier molecular flexibility index (Phi) is 4.95. The van der Waals surface area contributed by atoms with Crippen LogP contribution in [-0.4, -0.2) is 0 Å². The van der Waals surface area contributed by atoms with Crippen molar-refractivity contribution in [3.8, 4) is 11.1 Å². The van der Waals surface area contributed by atoms with Crippen LogP contribution in [-0.2, 0) is 12.8 Å². The van der Waals surface area contributed by atoms with Gasteiger partial charge in [-0.25, -0.2) is 0 Å². The fraction of sp³-hybridized carbons (Fsp3) is 0.200. The number of hydrogen-bond acceptors (Lipinski definition) is 0. The third kappa shape index (κ3) is 3.71. The summed E-state index contributed by atoms with van der Waals surface area (Å²) in [5.74, 6) is 0. The topological polar surface area (TPSA) is 0 Å². The van der Waals surface area contributed by atoms with E-state index in [9.17, 15) is 0 Å². The maximum atomic E-state index is 4.03. The largest absolute Gasteiger partial charge is 0.0998 e. The van der Waals surface area contributed by atoms with Crippen molar-refractivity contribution in [1.82, 2.24) is 0 Å². The molecule has 0 unspecified atom stereocenters. The SMILES string of the molecule is C=C(C)Cc1ccccc1-c1cc[c]c(C/C=C/C)c1. The Labute approximate surface area is 122 Å². The molecule has 0 atom stereocenters. The van der Waals surface area contributed by atoms with Crippen LogP contribution >= 0.6 is 0 Å². The van der Waals surface area contributed by atoms with Crippen molar-refractivity contribution in [2.45, 2.75) is 26.7 Å². The average molecular weight is 261 g/mol. The molecule has 1 radical (unpaired) electrons. The van der Waals surface area contributed by atoms with Crippen LogP contribution in [0, 0.1) is 6.07 Å². The standard InChI is InChI=1S/C20H21/c1-4-5-9-17-10-8-12-19(15-17)20-13-7-6-11-18(20)14-16(2)3/h4-8,11-13,15H,2,9,14H2,1,3H3/b5-4+. The molecule has 0 fully saturated rings. The Morgan fingerprint density at radius 3 is 2.80 bits per heavy atom. The van der Waals surface area contributed by atoms with Gasteiger partial charge in [0, 0.05) is 0 Å². The molecule has 0 heteroatoms. The molecule has 0 saturated carbocycles. The summed E-state index contributed by atoms with van der Waals surface area (Å²) in [5, 5.41) is 0. The van der Waals surface area contributed by atoms with Gasteiger partial charge in [-0.2, -0.15) is 0 Å². The van der Waals surface area contributed by atoms with E-state index in [1.165, 1.54) is 27.8 Å². The number of hydrogen-bond donors (Lipinski definition) is 0. The van der Waals surface area contributed by atoms with Gasteiger partial charge in [-0.15, -0.1) is 0 Å². The van der Waals surface area contributed by atoms with Crippen molar-refractivity contribution in [2.24, 2.45) is 0 Å². The van der Waals surface area contributed by atoms with Crippen molar-refractivity contribution in [3.63, 3.8) is 0 Å². The zero-order valence-corrected chi connectivity index (χ0v) is 12.3. The van der Waals surface area contributed by atoms with Gasteiger partial charge in [-0.3, -0.25) is 0 Å². The zero-order chi connectivity index (χ0) is 14.4. The van der Waals surface area contributed by atoms with Gasteiger partial charge in [-0.05, 0) is 55.0 Å². The van der Waals surface area contributed by atoms with E-state index in [0.29, 0.717) is 0 Å². The predicted molar refractivity (Wildman–Crippen MR) is 87.8 cm³/mol. The summed E-state index contributed by atoms with van der Waals surface area (Å²) < 4.78 is 0. The maximum Gasteiger partial charge on any atom is -0.00664 e. The molecule has 2 aromatic carbocycles. The summed E-state index contributed by atoms with van der Waals surface area (Å²) in [7, 11) is 0. The minimum absolute atomic E-state index is 0.930. The van der Waals surface area contributed by atoms with E-state index < -0.39 is 0 Å². The van der Waals surface area contributed by atoms with Crippen molar-refractivity contribution in [1.29, 1.82) is 0 Å². The van der Waals surface area contributed by atoms with Gasteiger partial charge in [0.15, 0.2) is 0 Å². The molecule has 20 heavy (non-hydrogen) atoms. The Hall–Kier alpha value is -2.08.